The standard InChI is InChI=1S/C14H15F3N4/c1-2-10(9-6-4-3-5-7-9)19-12-8-11(18)20-13(21-12)14(15,16)17/h3-8,10H,2H2,1H3,(H3,18,19,20,21). The summed E-state index contributed by atoms with van der Waals surface area (Å²) in [6.45, 7) is 1.93. The van der Waals surface area contributed by atoms with Gasteiger partial charge in [-0.2, -0.15) is 13.2 Å². The van der Waals surface area contributed by atoms with Gasteiger partial charge in [0.05, 0.1) is 6.04 Å². The summed E-state index contributed by atoms with van der Waals surface area (Å²) in [5.74, 6) is -1.40. The molecule has 0 aliphatic carbocycles. The summed E-state index contributed by atoms with van der Waals surface area (Å²) in [4.78, 5) is 6.70. The zero-order chi connectivity index (χ0) is 15.5. The molecule has 1 aromatic heterocycles. The molecule has 1 aromatic carbocycles. The summed E-state index contributed by atoms with van der Waals surface area (Å²) < 4.78 is 38.0. The topological polar surface area (TPSA) is 63.8 Å². The highest BCUT2D eigenvalue weighted by Crippen LogP contribution is 2.29. The number of hydrogen-bond donors (Lipinski definition) is 2. The predicted octanol–water partition coefficient (Wildman–Crippen LogP) is 3.64. The fraction of sp³-hybridized carbons (Fsp3) is 0.286. The Morgan fingerprint density at radius 1 is 1.19 bits per heavy atom. The fourth-order valence-electron chi connectivity index (χ4n) is 1.95. The number of aromatic nitrogens is 2. The van der Waals surface area contributed by atoms with Crippen LogP contribution in [0, 0.1) is 0 Å². The van der Waals surface area contributed by atoms with E-state index in [0.29, 0.717) is 6.42 Å². The van der Waals surface area contributed by atoms with Crippen LogP contribution in [0.2, 0.25) is 0 Å². The van der Waals surface area contributed by atoms with Crippen molar-refractivity contribution < 1.29 is 13.2 Å². The van der Waals surface area contributed by atoms with Crippen molar-refractivity contribution in [2.24, 2.45) is 0 Å². The second-order valence-corrected chi connectivity index (χ2v) is 4.52. The lowest BCUT2D eigenvalue weighted by molar-refractivity contribution is -0.144. The molecule has 0 saturated heterocycles. The number of nitrogens with zero attached hydrogens (tertiary/aromatic N) is 2. The van der Waals surface area contributed by atoms with Crippen LogP contribution in [0.4, 0.5) is 24.8 Å². The zero-order valence-corrected chi connectivity index (χ0v) is 11.4. The molecule has 112 valence electrons. The molecule has 2 rings (SSSR count). The average Bonchev–Trinajstić information content (AvgIpc) is 2.44. The average molecular weight is 296 g/mol. The first-order valence-electron chi connectivity index (χ1n) is 6.43. The Hall–Kier alpha value is -2.31. The molecule has 0 spiro atoms. The Morgan fingerprint density at radius 2 is 1.86 bits per heavy atom. The minimum atomic E-state index is -4.62. The van der Waals surface area contributed by atoms with Crippen LogP contribution in [0.15, 0.2) is 36.4 Å². The smallest absolute Gasteiger partial charge is 0.384 e. The summed E-state index contributed by atoms with van der Waals surface area (Å²) in [5.41, 5.74) is 6.38. The highest BCUT2D eigenvalue weighted by Gasteiger charge is 2.35. The van der Waals surface area contributed by atoms with E-state index in [-0.39, 0.29) is 17.7 Å². The second-order valence-electron chi connectivity index (χ2n) is 4.52. The molecule has 0 aliphatic rings. The molecule has 1 atom stereocenters. The van der Waals surface area contributed by atoms with Crippen molar-refractivity contribution >= 4 is 11.6 Å². The first kappa shape index (κ1) is 15.1. The van der Waals surface area contributed by atoms with E-state index in [1.165, 1.54) is 6.07 Å². The molecule has 0 aliphatic heterocycles. The third-order valence-electron chi connectivity index (χ3n) is 2.93. The molecular weight excluding hydrogens is 281 g/mol. The van der Waals surface area contributed by atoms with Gasteiger partial charge in [0.15, 0.2) is 0 Å². The molecule has 0 bridgehead atoms. The van der Waals surface area contributed by atoms with Gasteiger partial charge in [-0.1, -0.05) is 37.3 Å². The van der Waals surface area contributed by atoms with Crippen LogP contribution in [-0.4, -0.2) is 9.97 Å². The first-order chi connectivity index (χ1) is 9.90. The van der Waals surface area contributed by atoms with Crippen LogP contribution in [-0.2, 0) is 6.18 Å². The van der Waals surface area contributed by atoms with Crippen LogP contribution in [0.25, 0.3) is 0 Å². The van der Waals surface area contributed by atoms with Gasteiger partial charge in [0.2, 0.25) is 5.82 Å². The first-order valence-corrected chi connectivity index (χ1v) is 6.43. The van der Waals surface area contributed by atoms with E-state index in [1.807, 2.05) is 37.3 Å². The molecule has 1 unspecified atom stereocenters. The van der Waals surface area contributed by atoms with Crippen molar-refractivity contribution in [1.29, 1.82) is 0 Å². The number of nitrogens with two attached hydrogens (primary N) is 1. The van der Waals surface area contributed by atoms with E-state index in [0.717, 1.165) is 5.56 Å². The summed E-state index contributed by atoms with van der Waals surface area (Å²) in [6.07, 6.45) is -3.93. The highest BCUT2D eigenvalue weighted by atomic mass is 19.4. The number of nitrogens with one attached hydrogen (secondary N) is 1. The van der Waals surface area contributed by atoms with E-state index in [4.69, 9.17) is 5.73 Å². The molecule has 3 N–H and O–H groups in total. The fourth-order valence-corrected chi connectivity index (χ4v) is 1.95. The van der Waals surface area contributed by atoms with Crippen molar-refractivity contribution in [2.75, 3.05) is 11.1 Å². The van der Waals surface area contributed by atoms with Gasteiger partial charge in [-0.25, -0.2) is 9.97 Å². The van der Waals surface area contributed by atoms with E-state index >= 15 is 0 Å². The van der Waals surface area contributed by atoms with Gasteiger partial charge in [-0.3, -0.25) is 0 Å². The van der Waals surface area contributed by atoms with Gasteiger partial charge < -0.3 is 11.1 Å². The highest BCUT2D eigenvalue weighted by molar-refractivity contribution is 5.46. The van der Waals surface area contributed by atoms with Crippen molar-refractivity contribution in [3.63, 3.8) is 0 Å². The lowest BCUT2D eigenvalue weighted by atomic mass is 10.0. The van der Waals surface area contributed by atoms with Crippen LogP contribution in [0.5, 0.6) is 0 Å². The maximum Gasteiger partial charge on any atom is 0.451 e. The van der Waals surface area contributed by atoms with Gasteiger partial charge in [0.1, 0.15) is 11.6 Å². The van der Waals surface area contributed by atoms with E-state index in [2.05, 4.69) is 15.3 Å². The van der Waals surface area contributed by atoms with Crippen LogP contribution < -0.4 is 11.1 Å². The number of rotatable bonds is 4. The lowest BCUT2D eigenvalue weighted by Crippen LogP contribution is -2.16. The van der Waals surface area contributed by atoms with E-state index in [9.17, 15) is 13.2 Å². The van der Waals surface area contributed by atoms with Crippen molar-refractivity contribution in [3.8, 4) is 0 Å². The molecular formula is C14H15F3N4. The predicted molar refractivity (Wildman–Crippen MR) is 74.5 cm³/mol. The molecule has 0 saturated carbocycles. The molecule has 2 aromatic rings. The normalized spacial score (nSPS) is 13.0. The number of anilines is 2. The number of hydrogen-bond acceptors (Lipinski definition) is 4. The Kier molecular flexibility index (Phi) is 4.30. The molecule has 0 amide bonds. The van der Waals surface area contributed by atoms with Crippen LogP contribution in [0.1, 0.15) is 30.8 Å². The Balaban J connectivity index is 2.28. The lowest BCUT2D eigenvalue weighted by Gasteiger charge is -2.19. The third kappa shape index (κ3) is 3.84. The van der Waals surface area contributed by atoms with Crippen LogP contribution in [0.3, 0.4) is 0 Å². The summed E-state index contributed by atoms with van der Waals surface area (Å²) in [5, 5.41) is 2.97. The SMILES string of the molecule is CCC(Nc1cc(N)nc(C(F)(F)F)n1)c1ccccc1. The number of alkyl halides is 3. The summed E-state index contributed by atoms with van der Waals surface area (Å²) in [6, 6.07) is 10.6. The van der Waals surface area contributed by atoms with Gasteiger partial charge in [0.25, 0.3) is 0 Å². The molecule has 0 radical (unpaired) electrons. The van der Waals surface area contributed by atoms with E-state index < -0.39 is 12.0 Å². The zero-order valence-electron chi connectivity index (χ0n) is 11.4. The molecule has 1 heterocycles. The largest absolute Gasteiger partial charge is 0.451 e. The molecule has 0 fully saturated rings. The van der Waals surface area contributed by atoms with Crippen LogP contribution >= 0.6 is 0 Å². The summed E-state index contributed by atoms with van der Waals surface area (Å²) in [7, 11) is 0. The Labute approximate surface area is 120 Å². The number of benzene rings is 1. The molecule has 4 nitrogen and oxygen atoms in total. The van der Waals surface area contributed by atoms with Gasteiger partial charge >= 0.3 is 6.18 Å². The number of nitrogen functional groups attached to an aromatic ring is 1. The van der Waals surface area contributed by atoms with Gasteiger partial charge in [0, 0.05) is 6.07 Å². The number of halogens is 3. The van der Waals surface area contributed by atoms with E-state index in [1.54, 1.807) is 0 Å². The van der Waals surface area contributed by atoms with Gasteiger partial charge in [-0.05, 0) is 12.0 Å². The van der Waals surface area contributed by atoms with Gasteiger partial charge in [-0.15, -0.1) is 0 Å². The molecule has 7 heteroatoms. The maximum absolute atomic E-state index is 12.7. The minimum Gasteiger partial charge on any atom is -0.384 e. The van der Waals surface area contributed by atoms with Crippen molar-refractivity contribution in [3.05, 3.63) is 47.8 Å². The quantitative estimate of drug-likeness (QED) is 0.904. The maximum atomic E-state index is 12.7. The minimum absolute atomic E-state index is 0.0607. The Morgan fingerprint density at radius 3 is 2.43 bits per heavy atom. The third-order valence-corrected chi connectivity index (χ3v) is 2.93. The Bertz CT molecular complexity index is 599. The molecule has 21 heavy (non-hydrogen) atoms. The summed E-state index contributed by atoms with van der Waals surface area (Å²) >= 11 is 0. The van der Waals surface area contributed by atoms with Crippen molar-refractivity contribution in [1.82, 2.24) is 9.97 Å². The monoisotopic (exact) mass is 296 g/mol. The van der Waals surface area contributed by atoms with Crippen molar-refractivity contribution in [2.45, 2.75) is 25.6 Å². The second kappa shape index (κ2) is 5.99.